The third-order valence-electron chi connectivity index (χ3n) is 4.22. The van der Waals surface area contributed by atoms with Gasteiger partial charge < -0.3 is 14.4 Å². The van der Waals surface area contributed by atoms with Crippen molar-refractivity contribution in [2.75, 3.05) is 31.7 Å². The van der Waals surface area contributed by atoms with Crippen molar-refractivity contribution in [3.05, 3.63) is 48.0 Å². The van der Waals surface area contributed by atoms with Crippen LogP contribution in [0.5, 0.6) is 11.5 Å². The first kappa shape index (κ1) is 19.2. The van der Waals surface area contributed by atoms with Crippen molar-refractivity contribution in [1.82, 2.24) is 4.72 Å². The minimum absolute atomic E-state index is 0.0501. The number of hydrogen-bond donors (Lipinski definition) is 1. The van der Waals surface area contributed by atoms with Gasteiger partial charge in [-0.05, 0) is 36.8 Å². The zero-order valence-corrected chi connectivity index (χ0v) is 16.1. The Balaban J connectivity index is 1.99. The van der Waals surface area contributed by atoms with Crippen molar-refractivity contribution in [3.8, 4) is 11.5 Å². The van der Waals surface area contributed by atoms with Gasteiger partial charge in [-0.15, -0.1) is 0 Å². The van der Waals surface area contributed by atoms with Crippen LogP contribution in [0.25, 0.3) is 0 Å². The van der Waals surface area contributed by atoms with Crippen LogP contribution in [0.1, 0.15) is 23.7 Å². The topological polar surface area (TPSA) is 84.9 Å². The van der Waals surface area contributed by atoms with Gasteiger partial charge in [0.05, 0.1) is 19.3 Å². The number of ether oxygens (including phenoxy) is 2. The molecule has 1 aliphatic rings. The van der Waals surface area contributed by atoms with E-state index in [0.717, 1.165) is 0 Å². The molecule has 0 bridgehead atoms. The maximum absolute atomic E-state index is 13.1. The Kier molecular flexibility index (Phi) is 5.67. The second-order valence-electron chi connectivity index (χ2n) is 6.04. The van der Waals surface area contributed by atoms with Crippen LogP contribution in [0.4, 0.5) is 5.69 Å². The second kappa shape index (κ2) is 7.98. The SMILES string of the molecule is CCCNS(=O)(=O)c1cc(C(=O)N2CCOc3ccccc32)ccc1OC. The van der Waals surface area contributed by atoms with Crippen LogP contribution in [0.3, 0.4) is 0 Å². The smallest absolute Gasteiger partial charge is 0.258 e. The number of hydrogen-bond acceptors (Lipinski definition) is 5. The van der Waals surface area contributed by atoms with Crippen LogP contribution in [-0.2, 0) is 10.0 Å². The molecule has 1 heterocycles. The lowest BCUT2D eigenvalue weighted by Crippen LogP contribution is -2.38. The first-order chi connectivity index (χ1) is 13.0. The molecule has 0 aromatic heterocycles. The molecule has 1 amide bonds. The summed E-state index contributed by atoms with van der Waals surface area (Å²) < 4.78 is 38.4. The molecule has 0 saturated carbocycles. The van der Waals surface area contributed by atoms with E-state index in [4.69, 9.17) is 9.47 Å². The van der Waals surface area contributed by atoms with Crippen molar-refractivity contribution in [2.45, 2.75) is 18.2 Å². The second-order valence-corrected chi connectivity index (χ2v) is 7.77. The minimum Gasteiger partial charge on any atom is -0.495 e. The summed E-state index contributed by atoms with van der Waals surface area (Å²) in [5.41, 5.74) is 0.933. The van der Waals surface area contributed by atoms with Gasteiger partial charge in [-0.2, -0.15) is 0 Å². The van der Waals surface area contributed by atoms with Crippen molar-refractivity contribution in [1.29, 1.82) is 0 Å². The number of fused-ring (bicyclic) bond motifs is 1. The van der Waals surface area contributed by atoms with Crippen molar-refractivity contribution in [3.63, 3.8) is 0 Å². The predicted octanol–water partition coefficient (Wildman–Crippen LogP) is 2.42. The highest BCUT2D eigenvalue weighted by atomic mass is 32.2. The summed E-state index contributed by atoms with van der Waals surface area (Å²) in [6, 6.07) is 11.7. The summed E-state index contributed by atoms with van der Waals surface area (Å²) >= 11 is 0. The van der Waals surface area contributed by atoms with Crippen LogP contribution in [-0.4, -0.2) is 41.1 Å². The number of para-hydroxylation sites is 2. The summed E-state index contributed by atoms with van der Waals surface area (Å²) in [5, 5.41) is 0. The van der Waals surface area contributed by atoms with E-state index in [-0.39, 0.29) is 22.1 Å². The van der Waals surface area contributed by atoms with Gasteiger partial charge in [-0.1, -0.05) is 19.1 Å². The van der Waals surface area contributed by atoms with E-state index in [1.807, 2.05) is 19.1 Å². The lowest BCUT2D eigenvalue weighted by Gasteiger charge is -2.29. The first-order valence-electron chi connectivity index (χ1n) is 8.69. The van der Waals surface area contributed by atoms with E-state index < -0.39 is 10.0 Å². The number of carbonyl (C=O) groups excluding carboxylic acids is 1. The van der Waals surface area contributed by atoms with Gasteiger partial charge >= 0.3 is 0 Å². The lowest BCUT2D eigenvalue weighted by atomic mass is 10.1. The van der Waals surface area contributed by atoms with Gasteiger partial charge in [0.15, 0.2) is 0 Å². The highest BCUT2D eigenvalue weighted by molar-refractivity contribution is 7.89. The number of rotatable bonds is 6. The molecule has 0 spiro atoms. The Morgan fingerprint density at radius 3 is 2.78 bits per heavy atom. The van der Waals surface area contributed by atoms with Crippen molar-refractivity contribution < 1.29 is 22.7 Å². The zero-order chi connectivity index (χ0) is 19.4. The molecule has 144 valence electrons. The Hall–Kier alpha value is -2.58. The van der Waals surface area contributed by atoms with Crippen LogP contribution in [0, 0.1) is 0 Å². The molecule has 2 aromatic rings. The number of nitrogens with zero attached hydrogens (tertiary/aromatic N) is 1. The highest BCUT2D eigenvalue weighted by Crippen LogP contribution is 2.33. The number of nitrogens with one attached hydrogen (secondary N) is 1. The number of carbonyl (C=O) groups is 1. The molecule has 8 heteroatoms. The molecule has 3 rings (SSSR count). The summed E-state index contributed by atoms with van der Waals surface area (Å²) in [6.45, 7) is 2.94. The Bertz CT molecular complexity index is 943. The average Bonchev–Trinajstić information content (AvgIpc) is 2.70. The van der Waals surface area contributed by atoms with E-state index in [1.54, 1.807) is 23.1 Å². The molecule has 2 aromatic carbocycles. The van der Waals surface area contributed by atoms with Crippen molar-refractivity contribution >= 4 is 21.6 Å². The van der Waals surface area contributed by atoms with E-state index in [9.17, 15) is 13.2 Å². The average molecular weight is 390 g/mol. The molecule has 0 atom stereocenters. The molecule has 0 saturated heterocycles. The van der Waals surface area contributed by atoms with Crippen LogP contribution in [0.15, 0.2) is 47.4 Å². The summed E-state index contributed by atoms with van der Waals surface area (Å²) in [4.78, 5) is 14.6. The minimum atomic E-state index is -3.78. The molecule has 0 aliphatic carbocycles. The molecule has 1 aliphatic heterocycles. The maximum Gasteiger partial charge on any atom is 0.258 e. The fraction of sp³-hybridized carbons (Fsp3) is 0.316. The van der Waals surface area contributed by atoms with E-state index in [1.165, 1.54) is 19.2 Å². The van der Waals surface area contributed by atoms with Gasteiger partial charge in [0.1, 0.15) is 23.0 Å². The summed E-state index contributed by atoms with van der Waals surface area (Å²) in [6.07, 6.45) is 0.657. The summed E-state index contributed by atoms with van der Waals surface area (Å²) in [7, 11) is -2.39. The van der Waals surface area contributed by atoms with E-state index >= 15 is 0 Å². The normalized spacial score (nSPS) is 13.6. The number of amides is 1. The first-order valence-corrected chi connectivity index (χ1v) is 10.2. The Morgan fingerprint density at radius 1 is 1.26 bits per heavy atom. The quantitative estimate of drug-likeness (QED) is 0.819. The van der Waals surface area contributed by atoms with Crippen LogP contribution >= 0.6 is 0 Å². The fourth-order valence-corrected chi connectivity index (χ4v) is 4.20. The maximum atomic E-state index is 13.1. The monoisotopic (exact) mass is 390 g/mol. The predicted molar refractivity (Wildman–Crippen MR) is 102 cm³/mol. The third-order valence-corrected chi connectivity index (χ3v) is 5.70. The highest BCUT2D eigenvalue weighted by Gasteiger charge is 2.27. The molecule has 0 radical (unpaired) electrons. The molecule has 7 nitrogen and oxygen atoms in total. The van der Waals surface area contributed by atoms with Gasteiger partial charge in [-0.25, -0.2) is 13.1 Å². The molecule has 1 N–H and O–H groups in total. The van der Waals surface area contributed by atoms with Crippen molar-refractivity contribution in [2.24, 2.45) is 0 Å². The van der Waals surface area contributed by atoms with Crippen LogP contribution in [0.2, 0.25) is 0 Å². The zero-order valence-electron chi connectivity index (χ0n) is 15.3. The Morgan fingerprint density at radius 2 is 2.04 bits per heavy atom. The molecular formula is C19H22N2O5S. The van der Waals surface area contributed by atoms with Gasteiger partial charge in [-0.3, -0.25) is 4.79 Å². The largest absolute Gasteiger partial charge is 0.495 e. The van der Waals surface area contributed by atoms with E-state index in [0.29, 0.717) is 37.6 Å². The summed E-state index contributed by atoms with van der Waals surface area (Å²) in [5.74, 6) is 0.529. The lowest BCUT2D eigenvalue weighted by molar-refractivity contribution is 0.0976. The van der Waals surface area contributed by atoms with Gasteiger partial charge in [0.2, 0.25) is 10.0 Å². The fourth-order valence-electron chi connectivity index (χ4n) is 2.87. The van der Waals surface area contributed by atoms with E-state index in [2.05, 4.69) is 4.72 Å². The third kappa shape index (κ3) is 3.91. The Labute approximate surface area is 158 Å². The van der Waals surface area contributed by atoms with Gasteiger partial charge in [0, 0.05) is 12.1 Å². The number of methoxy groups -OCH3 is 1. The number of sulfonamides is 1. The number of benzene rings is 2. The molecule has 0 unspecified atom stereocenters. The molecule has 0 fully saturated rings. The molecule has 27 heavy (non-hydrogen) atoms. The number of anilines is 1. The standard InChI is InChI=1S/C19H22N2O5S/c1-3-10-20-27(23,24)18-13-14(8-9-17(18)25-2)19(22)21-11-12-26-16-7-5-4-6-15(16)21/h4-9,13,20H,3,10-12H2,1-2H3. The molecular weight excluding hydrogens is 368 g/mol. The van der Waals surface area contributed by atoms with Crippen LogP contribution < -0.4 is 19.1 Å². The van der Waals surface area contributed by atoms with Gasteiger partial charge in [0.25, 0.3) is 5.91 Å².